The van der Waals surface area contributed by atoms with E-state index in [1.54, 1.807) is 42.5 Å². The average molecular weight is 380 g/mol. The summed E-state index contributed by atoms with van der Waals surface area (Å²) >= 11 is 12.1. The van der Waals surface area contributed by atoms with Gasteiger partial charge in [0.2, 0.25) is 5.72 Å². The molecule has 1 heterocycles. The first-order chi connectivity index (χ1) is 11.9. The number of ether oxygens (including phenoxy) is 2. The van der Waals surface area contributed by atoms with Crippen molar-refractivity contribution in [1.29, 1.82) is 0 Å². The second-order valence-corrected chi connectivity index (χ2v) is 6.34. The fourth-order valence-corrected chi connectivity index (χ4v) is 2.95. The number of nitrogens with zero attached hydrogens (tertiary/aromatic N) is 1. The molecule has 0 amide bonds. The van der Waals surface area contributed by atoms with Gasteiger partial charge in [-0.25, -0.2) is 4.99 Å². The molecule has 2 unspecified atom stereocenters. The Morgan fingerprint density at radius 3 is 2.60 bits per heavy atom. The van der Waals surface area contributed by atoms with Crippen molar-refractivity contribution in [3.8, 4) is 0 Å². The molecule has 0 bridgehead atoms. The largest absolute Gasteiger partial charge is 0.469 e. The molecule has 7 heteroatoms. The van der Waals surface area contributed by atoms with Gasteiger partial charge >= 0.3 is 5.97 Å². The van der Waals surface area contributed by atoms with Crippen molar-refractivity contribution in [2.75, 3.05) is 7.11 Å². The van der Waals surface area contributed by atoms with Crippen molar-refractivity contribution >= 4 is 35.1 Å². The lowest BCUT2D eigenvalue weighted by Gasteiger charge is -2.27. The summed E-state index contributed by atoms with van der Waals surface area (Å²) in [6.45, 7) is 0. The molecule has 0 radical (unpaired) electrons. The van der Waals surface area contributed by atoms with E-state index in [1.165, 1.54) is 7.11 Å². The Labute approximate surface area is 154 Å². The molecule has 25 heavy (non-hydrogen) atoms. The third-order valence-electron chi connectivity index (χ3n) is 3.88. The van der Waals surface area contributed by atoms with Gasteiger partial charge in [0.25, 0.3) is 0 Å². The van der Waals surface area contributed by atoms with E-state index in [0.717, 1.165) is 0 Å². The molecule has 2 aromatic carbocycles. The summed E-state index contributed by atoms with van der Waals surface area (Å²) in [6.07, 6.45) is -1.05. The Morgan fingerprint density at radius 2 is 1.96 bits per heavy atom. The Bertz CT molecular complexity index is 825. The number of aliphatic imine (C=N–C) groups is 1. The second kappa shape index (κ2) is 7.04. The second-order valence-electron chi connectivity index (χ2n) is 5.52. The lowest BCUT2D eigenvalue weighted by Crippen LogP contribution is -2.28. The maximum atomic E-state index is 11.6. The molecule has 5 nitrogen and oxygen atoms in total. The van der Waals surface area contributed by atoms with Gasteiger partial charge in [0.1, 0.15) is 6.42 Å². The fourth-order valence-electron chi connectivity index (χ4n) is 2.65. The molecule has 1 N–H and O–H groups in total. The van der Waals surface area contributed by atoms with E-state index in [-0.39, 0.29) is 12.3 Å². The lowest BCUT2D eigenvalue weighted by molar-refractivity contribution is -0.139. The Morgan fingerprint density at radius 1 is 1.24 bits per heavy atom. The van der Waals surface area contributed by atoms with Crippen molar-refractivity contribution in [3.05, 3.63) is 69.7 Å². The van der Waals surface area contributed by atoms with Crippen molar-refractivity contribution in [2.24, 2.45) is 4.99 Å². The van der Waals surface area contributed by atoms with Gasteiger partial charge in [-0.3, -0.25) is 4.79 Å². The van der Waals surface area contributed by atoms with Crippen LogP contribution in [0.3, 0.4) is 0 Å². The molecule has 0 aliphatic carbocycles. The number of esters is 1. The maximum Gasteiger partial charge on any atom is 0.314 e. The number of carbonyl (C=O) groups excluding carboxylic acids is 1. The third kappa shape index (κ3) is 3.49. The monoisotopic (exact) mass is 379 g/mol. The number of hydrogen-bond donors (Lipinski definition) is 1. The van der Waals surface area contributed by atoms with Crippen LogP contribution in [0.1, 0.15) is 23.7 Å². The summed E-state index contributed by atoms with van der Waals surface area (Å²) in [6, 6.07) is 13.8. The SMILES string of the molecule is COC(=O)CC1=NC(O)(c2ccccc2)C(c2ccc(Cl)c(Cl)c2)O1. The number of halogens is 2. The summed E-state index contributed by atoms with van der Waals surface area (Å²) in [5.74, 6) is -0.418. The highest BCUT2D eigenvalue weighted by Crippen LogP contribution is 2.45. The zero-order chi connectivity index (χ0) is 18.0. The summed E-state index contributed by atoms with van der Waals surface area (Å²) in [5.41, 5.74) is -0.572. The number of benzene rings is 2. The lowest BCUT2D eigenvalue weighted by atomic mass is 9.93. The highest BCUT2D eigenvalue weighted by molar-refractivity contribution is 6.42. The van der Waals surface area contributed by atoms with Crippen LogP contribution >= 0.6 is 23.2 Å². The number of rotatable bonds is 4. The van der Waals surface area contributed by atoms with E-state index in [0.29, 0.717) is 21.2 Å². The first-order valence-electron chi connectivity index (χ1n) is 7.49. The zero-order valence-corrected chi connectivity index (χ0v) is 14.8. The van der Waals surface area contributed by atoms with E-state index in [4.69, 9.17) is 27.9 Å². The van der Waals surface area contributed by atoms with E-state index >= 15 is 0 Å². The summed E-state index contributed by atoms with van der Waals surface area (Å²) in [5, 5.41) is 12.0. The molecule has 0 saturated carbocycles. The van der Waals surface area contributed by atoms with Gasteiger partial charge in [-0.15, -0.1) is 0 Å². The predicted octanol–water partition coefficient (Wildman–Crippen LogP) is 3.87. The zero-order valence-electron chi connectivity index (χ0n) is 13.3. The first kappa shape index (κ1) is 17.7. The Hall–Kier alpha value is -2.08. The molecular weight excluding hydrogens is 365 g/mol. The van der Waals surface area contributed by atoms with Gasteiger partial charge in [0, 0.05) is 5.56 Å². The van der Waals surface area contributed by atoms with Crippen LogP contribution in [0.2, 0.25) is 10.0 Å². The van der Waals surface area contributed by atoms with Crippen LogP contribution < -0.4 is 0 Å². The van der Waals surface area contributed by atoms with Gasteiger partial charge in [0.05, 0.1) is 17.2 Å². The number of aliphatic hydroxyl groups is 1. The smallest absolute Gasteiger partial charge is 0.314 e. The molecule has 0 saturated heterocycles. The molecule has 2 aromatic rings. The van der Waals surface area contributed by atoms with Crippen molar-refractivity contribution in [2.45, 2.75) is 18.2 Å². The van der Waals surface area contributed by atoms with Gasteiger partial charge in [-0.1, -0.05) is 59.6 Å². The molecule has 3 rings (SSSR count). The van der Waals surface area contributed by atoms with E-state index in [9.17, 15) is 9.90 Å². The van der Waals surface area contributed by atoms with Crippen LogP contribution in [0, 0.1) is 0 Å². The maximum absolute atomic E-state index is 11.6. The number of carbonyl (C=O) groups is 1. The van der Waals surface area contributed by atoms with Crippen molar-refractivity contribution in [1.82, 2.24) is 0 Å². The molecule has 0 fully saturated rings. The van der Waals surface area contributed by atoms with E-state index in [2.05, 4.69) is 9.73 Å². The van der Waals surface area contributed by atoms with Crippen LogP contribution in [0.25, 0.3) is 0 Å². The molecule has 130 valence electrons. The highest BCUT2D eigenvalue weighted by Gasteiger charge is 2.47. The quantitative estimate of drug-likeness (QED) is 0.818. The van der Waals surface area contributed by atoms with Crippen LogP contribution in [0.15, 0.2) is 53.5 Å². The standard InChI is InChI=1S/C18H15Cl2NO4/c1-24-16(22)10-15-21-18(23,12-5-3-2-4-6-12)17(25-15)11-7-8-13(19)14(20)9-11/h2-9,17,23H,10H2,1H3. The molecular formula is C18H15Cl2NO4. The van der Waals surface area contributed by atoms with Crippen LogP contribution in [0.4, 0.5) is 0 Å². The third-order valence-corrected chi connectivity index (χ3v) is 4.62. The van der Waals surface area contributed by atoms with Crippen LogP contribution in [0.5, 0.6) is 0 Å². The average Bonchev–Trinajstić information content (AvgIpc) is 2.95. The summed E-state index contributed by atoms with van der Waals surface area (Å²) in [7, 11) is 1.28. The normalized spacial score (nSPS) is 22.2. The fraction of sp³-hybridized carbons (Fsp3) is 0.222. The molecule has 1 aliphatic heterocycles. The van der Waals surface area contributed by atoms with Gasteiger partial charge in [0.15, 0.2) is 12.0 Å². The van der Waals surface area contributed by atoms with E-state index < -0.39 is 17.8 Å². The summed E-state index contributed by atoms with van der Waals surface area (Å²) < 4.78 is 10.4. The molecule has 1 aliphatic rings. The van der Waals surface area contributed by atoms with Crippen molar-refractivity contribution in [3.63, 3.8) is 0 Å². The topological polar surface area (TPSA) is 68.1 Å². The highest BCUT2D eigenvalue weighted by atomic mass is 35.5. The first-order valence-corrected chi connectivity index (χ1v) is 8.24. The van der Waals surface area contributed by atoms with Gasteiger partial charge in [-0.2, -0.15) is 0 Å². The molecule has 2 atom stereocenters. The van der Waals surface area contributed by atoms with Gasteiger partial charge < -0.3 is 14.6 Å². The Kier molecular flexibility index (Phi) is 4.99. The number of hydrogen-bond acceptors (Lipinski definition) is 5. The van der Waals surface area contributed by atoms with Crippen LogP contribution in [-0.2, 0) is 20.0 Å². The summed E-state index contributed by atoms with van der Waals surface area (Å²) in [4.78, 5) is 15.8. The van der Waals surface area contributed by atoms with Crippen LogP contribution in [-0.4, -0.2) is 24.1 Å². The van der Waals surface area contributed by atoms with Crippen molar-refractivity contribution < 1.29 is 19.4 Å². The minimum Gasteiger partial charge on any atom is -0.469 e. The molecule has 0 aromatic heterocycles. The van der Waals surface area contributed by atoms with Gasteiger partial charge in [-0.05, 0) is 17.7 Å². The number of methoxy groups -OCH3 is 1. The minimum absolute atomic E-state index is 0.0919. The van der Waals surface area contributed by atoms with E-state index in [1.807, 2.05) is 6.07 Å². The minimum atomic E-state index is -1.69. The predicted molar refractivity (Wildman–Crippen MR) is 94.7 cm³/mol. The molecule has 0 spiro atoms. The Balaban J connectivity index is 2.04.